The van der Waals surface area contributed by atoms with E-state index in [1.54, 1.807) is 33.8 Å². The Morgan fingerprint density at radius 1 is 1.03 bits per heavy atom. The molecule has 1 saturated heterocycles. The van der Waals surface area contributed by atoms with E-state index in [1.807, 2.05) is 0 Å². The minimum absolute atomic E-state index is 0.191. The van der Waals surface area contributed by atoms with Crippen molar-refractivity contribution in [1.82, 2.24) is 14.7 Å². The van der Waals surface area contributed by atoms with Crippen LogP contribution in [0.3, 0.4) is 0 Å². The van der Waals surface area contributed by atoms with Gasteiger partial charge in [-0.1, -0.05) is 23.2 Å². The quantitative estimate of drug-likeness (QED) is 0.545. The first kappa shape index (κ1) is 26.4. The lowest BCUT2D eigenvalue weighted by Gasteiger charge is -2.44. The summed E-state index contributed by atoms with van der Waals surface area (Å²) in [5.74, 6) is -2.82. The molecule has 3 rings (SSSR count). The molecule has 1 aromatic carbocycles. The van der Waals surface area contributed by atoms with Gasteiger partial charge in [-0.25, -0.2) is 4.79 Å². The molecule has 7 nitrogen and oxygen atoms in total. The van der Waals surface area contributed by atoms with Crippen LogP contribution in [0.1, 0.15) is 44.9 Å². The first-order valence-corrected chi connectivity index (χ1v) is 11.5. The van der Waals surface area contributed by atoms with E-state index in [4.69, 9.17) is 27.9 Å². The molecule has 0 radical (unpaired) electrons. The number of rotatable bonds is 1. The smallest absolute Gasteiger partial charge is 0.444 e. The lowest BCUT2D eigenvalue weighted by Crippen LogP contribution is -2.64. The van der Waals surface area contributed by atoms with Crippen molar-refractivity contribution in [2.24, 2.45) is 0 Å². The number of benzene rings is 1. The number of amides is 3. The molecule has 0 N–H and O–H groups in total. The van der Waals surface area contributed by atoms with Crippen molar-refractivity contribution in [2.75, 3.05) is 26.2 Å². The minimum Gasteiger partial charge on any atom is -0.444 e. The van der Waals surface area contributed by atoms with E-state index in [0.29, 0.717) is 26.9 Å². The molecule has 2 atom stereocenters. The Morgan fingerprint density at radius 2 is 1.68 bits per heavy atom. The summed E-state index contributed by atoms with van der Waals surface area (Å²) in [5.41, 5.74) is 0.661. The van der Waals surface area contributed by atoms with Crippen LogP contribution in [0.15, 0.2) is 12.1 Å². The molecule has 2 aliphatic rings. The summed E-state index contributed by atoms with van der Waals surface area (Å²) in [4.78, 5) is 41.3. The van der Waals surface area contributed by atoms with E-state index in [2.05, 4.69) is 0 Å². The van der Waals surface area contributed by atoms with Crippen LogP contribution in [-0.4, -0.2) is 76.6 Å². The first-order chi connectivity index (χ1) is 15.6. The minimum atomic E-state index is -5.16. The lowest BCUT2D eigenvalue weighted by atomic mass is 9.92. The second kappa shape index (κ2) is 9.45. The molecular formula is C22H26Cl2F3N3O4. The van der Waals surface area contributed by atoms with Crippen LogP contribution in [-0.2, 0) is 20.7 Å². The number of carbonyl (C=O) groups is 3. The molecule has 34 heavy (non-hydrogen) atoms. The van der Waals surface area contributed by atoms with E-state index >= 15 is 0 Å². The van der Waals surface area contributed by atoms with E-state index in [1.165, 1.54) is 11.0 Å². The summed E-state index contributed by atoms with van der Waals surface area (Å²) in [5, 5.41) is 0.785. The van der Waals surface area contributed by atoms with Gasteiger partial charge in [0.05, 0.1) is 12.6 Å². The number of hydrogen-bond donors (Lipinski definition) is 0. The summed E-state index contributed by atoms with van der Waals surface area (Å²) in [6, 6.07) is 1.19. The molecule has 1 aromatic rings. The Kier molecular flexibility index (Phi) is 7.34. The van der Waals surface area contributed by atoms with Gasteiger partial charge in [-0.15, -0.1) is 0 Å². The fraction of sp³-hybridized carbons (Fsp3) is 0.591. The maximum atomic E-state index is 13.6. The van der Waals surface area contributed by atoms with Gasteiger partial charge < -0.3 is 19.4 Å². The number of ether oxygens (including phenoxy) is 1. The first-order valence-electron chi connectivity index (χ1n) is 10.7. The number of alkyl halides is 3. The van der Waals surface area contributed by atoms with E-state index in [9.17, 15) is 27.6 Å². The highest BCUT2D eigenvalue weighted by molar-refractivity contribution is 6.35. The van der Waals surface area contributed by atoms with Gasteiger partial charge in [-0.2, -0.15) is 13.2 Å². The normalized spacial score (nSPS) is 21.3. The molecule has 12 heteroatoms. The summed E-state index contributed by atoms with van der Waals surface area (Å²) >= 11 is 12.4. The third-order valence-corrected chi connectivity index (χ3v) is 6.32. The van der Waals surface area contributed by atoms with E-state index in [0.717, 1.165) is 10.5 Å². The predicted octanol–water partition coefficient (Wildman–Crippen LogP) is 4.45. The number of fused-ring (bicyclic) bond motifs is 1. The van der Waals surface area contributed by atoms with Gasteiger partial charge in [0.2, 0.25) is 5.91 Å². The molecule has 1 fully saturated rings. The molecule has 2 aliphatic heterocycles. The summed E-state index contributed by atoms with van der Waals surface area (Å²) in [6.07, 6.45) is -5.53. The largest absolute Gasteiger partial charge is 0.471 e. The zero-order valence-electron chi connectivity index (χ0n) is 19.2. The third-order valence-electron chi connectivity index (χ3n) is 5.79. The van der Waals surface area contributed by atoms with Gasteiger partial charge in [-0.3, -0.25) is 9.59 Å². The highest BCUT2D eigenvalue weighted by Gasteiger charge is 2.50. The standard InChI is InChI=1S/C22H26Cl2F3N3O4/c1-12-17-13(9-14(23)10-15(17)24)5-6-29(12)18(31)16-11-28(20(33)34-21(2,3)4)7-8-30(16)19(32)22(25,26)27/h9-10,12,16H,5-8,11H2,1-4H3/t12?,16-/m1/s1. The number of piperazine rings is 1. The number of nitrogens with zero attached hydrogens (tertiary/aromatic N) is 3. The highest BCUT2D eigenvalue weighted by atomic mass is 35.5. The maximum Gasteiger partial charge on any atom is 0.471 e. The van der Waals surface area contributed by atoms with Gasteiger partial charge >= 0.3 is 18.2 Å². The Labute approximate surface area is 205 Å². The summed E-state index contributed by atoms with van der Waals surface area (Å²) in [7, 11) is 0. The van der Waals surface area contributed by atoms with Crippen LogP contribution < -0.4 is 0 Å². The average Bonchev–Trinajstić information content (AvgIpc) is 2.70. The molecule has 1 unspecified atom stereocenters. The van der Waals surface area contributed by atoms with Crippen molar-refractivity contribution < 1.29 is 32.3 Å². The molecule has 3 amide bonds. The average molecular weight is 524 g/mol. The van der Waals surface area contributed by atoms with Gasteiger partial charge in [0.1, 0.15) is 11.6 Å². The highest BCUT2D eigenvalue weighted by Crippen LogP contribution is 2.38. The lowest BCUT2D eigenvalue weighted by molar-refractivity contribution is -0.191. The molecule has 0 spiro atoms. The molecule has 188 valence electrons. The molecule has 0 saturated carbocycles. The van der Waals surface area contributed by atoms with E-state index in [-0.39, 0.29) is 13.1 Å². The van der Waals surface area contributed by atoms with Crippen molar-refractivity contribution in [3.8, 4) is 0 Å². The molecule has 0 aromatic heterocycles. The number of halogens is 5. The summed E-state index contributed by atoms with van der Waals surface area (Å²) < 4.78 is 45.2. The summed E-state index contributed by atoms with van der Waals surface area (Å²) in [6.45, 7) is 5.80. The Hall–Kier alpha value is -2.20. The SMILES string of the molecule is CC1c2c(Cl)cc(Cl)cc2CCN1C(=O)[C@H]1CN(C(=O)OC(C)(C)C)CCN1C(=O)C(F)(F)F. The topological polar surface area (TPSA) is 70.2 Å². The van der Waals surface area contributed by atoms with Crippen LogP contribution in [0.2, 0.25) is 10.0 Å². The van der Waals surface area contributed by atoms with Gasteiger partial charge in [0, 0.05) is 29.7 Å². The zero-order valence-corrected chi connectivity index (χ0v) is 20.7. The van der Waals surface area contributed by atoms with Gasteiger partial charge in [0.25, 0.3) is 0 Å². The van der Waals surface area contributed by atoms with Crippen LogP contribution >= 0.6 is 23.2 Å². The van der Waals surface area contributed by atoms with E-state index < -0.39 is 54.9 Å². The van der Waals surface area contributed by atoms with Crippen molar-refractivity contribution in [3.63, 3.8) is 0 Å². The second-order valence-electron chi connectivity index (χ2n) is 9.36. The Balaban J connectivity index is 1.91. The van der Waals surface area contributed by atoms with Gasteiger partial charge in [-0.05, 0) is 57.4 Å². The molecular weight excluding hydrogens is 498 g/mol. The van der Waals surface area contributed by atoms with Crippen molar-refractivity contribution >= 4 is 41.1 Å². The van der Waals surface area contributed by atoms with Crippen LogP contribution in [0.5, 0.6) is 0 Å². The monoisotopic (exact) mass is 523 g/mol. The van der Waals surface area contributed by atoms with Crippen LogP contribution in [0.25, 0.3) is 0 Å². The van der Waals surface area contributed by atoms with Crippen molar-refractivity contribution in [1.29, 1.82) is 0 Å². The maximum absolute atomic E-state index is 13.6. The fourth-order valence-electron chi connectivity index (χ4n) is 4.29. The van der Waals surface area contributed by atoms with Crippen molar-refractivity contribution in [2.45, 2.75) is 58.0 Å². The van der Waals surface area contributed by atoms with Crippen LogP contribution in [0.4, 0.5) is 18.0 Å². The Bertz CT molecular complexity index is 997. The third kappa shape index (κ3) is 5.54. The van der Waals surface area contributed by atoms with Crippen LogP contribution in [0, 0.1) is 0 Å². The van der Waals surface area contributed by atoms with Gasteiger partial charge in [0.15, 0.2) is 0 Å². The molecule has 0 aliphatic carbocycles. The number of carbonyl (C=O) groups excluding carboxylic acids is 3. The number of hydrogen-bond acceptors (Lipinski definition) is 4. The molecule has 2 heterocycles. The fourth-order valence-corrected chi connectivity index (χ4v) is 4.98. The zero-order chi connectivity index (χ0) is 25.6. The van der Waals surface area contributed by atoms with Crippen molar-refractivity contribution in [3.05, 3.63) is 33.3 Å². The predicted molar refractivity (Wildman–Crippen MR) is 120 cm³/mol. The molecule has 0 bridgehead atoms. The second-order valence-corrected chi connectivity index (χ2v) is 10.2. The Morgan fingerprint density at radius 3 is 2.26 bits per heavy atom.